The van der Waals surface area contributed by atoms with Crippen LogP contribution >= 0.6 is 0 Å². The van der Waals surface area contributed by atoms with Crippen LogP contribution in [0.25, 0.3) is 11.1 Å². The van der Waals surface area contributed by atoms with E-state index in [1.165, 1.54) is 19.2 Å². The van der Waals surface area contributed by atoms with E-state index in [2.05, 4.69) is 4.72 Å². The second-order valence-corrected chi connectivity index (χ2v) is 7.56. The Morgan fingerprint density at radius 2 is 1.61 bits per heavy atom. The third-order valence-corrected chi connectivity index (χ3v) is 5.46. The van der Waals surface area contributed by atoms with E-state index >= 15 is 0 Å². The molecule has 3 N–H and O–H groups in total. The minimum absolute atomic E-state index is 0.123. The molecule has 0 spiro atoms. The predicted octanol–water partition coefficient (Wildman–Crippen LogP) is 3.28. The Labute approximate surface area is 162 Å². The first-order valence-corrected chi connectivity index (χ1v) is 9.73. The van der Waals surface area contributed by atoms with Crippen LogP contribution in [0.1, 0.15) is 10.4 Å². The first-order chi connectivity index (χ1) is 13.4. The number of hydrogen-bond acceptors (Lipinski definition) is 5. The molecule has 1 amide bonds. The monoisotopic (exact) mass is 398 g/mol. The van der Waals surface area contributed by atoms with E-state index in [0.29, 0.717) is 17.0 Å². The van der Waals surface area contributed by atoms with Crippen molar-refractivity contribution in [3.05, 3.63) is 78.4 Å². The first kappa shape index (κ1) is 19.4. The number of benzene rings is 3. The SMILES string of the molecule is COc1ccc(S(=O)(=O)Nc2cccc(-c3ccc(C(=O)NO)cc3)c2)cc1. The van der Waals surface area contributed by atoms with Crippen LogP contribution in [0.2, 0.25) is 0 Å². The molecule has 0 aromatic heterocycles. The van der Waals surface area contributed by atoms with Crippen LogP contribution in [0, 0.1) is 0 Å². The van der Waals surface area contributed by atoms with Gasteiger partial charge in [-0.25, -0.2) is 13.9 Å². The third kappa shape index (κ3) is 4.30. The van der Waals surface area contributed by atoms with E-state index in [-0.39, 0.29) is 4.90 Å². The van der Waals surface area contributed by atoms with Crippen LogP contribution in [0.5, 0.6) is 5.75 Å². The summed E-state index contributed by atoms with van der Waals surface area (Å²) in [5.74, 6) is -0.0353. The highest BCUT2D eigenvalue weighted by molar-refractivity contribution is 7.92. The number of anilines is 1. The number of sulfonamides is 1. The molecule has 0 heterocycles. The number of ether oxygens (including phenoxy) is 1. The fraction of sp³-hybridized carbons (Fsp3) is 0.0500. The Balaban J connectivity index is 1.83. The quantitative estimate of drug-likeness (QED) is 0.437. The molecule has 0 saturated carbocycles. The number of rotatable bonds is 6. The van der Waals surface area contributed by atoms with Gasteiger partial charge in [0.2, 0.25) is 0 Å². The number of amides is 1. The maximum atomic E-state index is 12.6. The van der Waals surface area contributed by atoms with Crippen molar-refractivity contribution in [1.82, 2.24) is 5.48 Å². The molecule has 28 heavy (non-hydrogen) atoms. The topological polar surface area (TPSA) is 105 Å². The lowest BCUT2D eigenvalue weighted by Gasteiger charge is -2.10. The summed E-state index contributed by atoms with van der Waals surface area (Å²) >= 11 is 0. The maximum absolute atomic E-state index is 12.6. The number of hydroxylamine groups is 1. The molecule has 0 saturated heterocycles. The van der Waals surface area contributed by atoms with E-state index < -0.39 is 15.9 Å². The summed E-state index contributed by atoms with van der Waals surface area (Å²) in [7, 11) is -2.23. The molecule has 3 aromatic rings. The average molecular weight is 398 g/mol. The van der Waals surface area contributed by atoms with Gasteiger partial charge in [0.05, 0.1) is 12.0 Å². The molecule has 0 unspecified atom stereocenters. The standard InChI is InChI=1S/C20H18N2O5S/c1-27-18-9-11-19(12-10-18)28(25,26)22-17-4-2-3-16(13-17)14-5-7-15(8-6-14)20(23)21-24/h2-13,22,24H,1H3,(H,21,23). The molecule has 0 aliphatic rings. The van der Waals surface area contributed by atoms with Gasteiger partial charge in [-0.05, 0) is 59.7 Å². The molecular weight excluding hydrogens is 380 g/mol. The summed E-state index contributed by atoms with van der Waals surface area (Å²) in [4.78, 5) is 11.5. The number of methoxy groups -OCH3 is 1. The van der Waals surface area contributed by atoms with E-state index in [1.807, 2.05) is 6.07 Å². The smallest absolute Gasteiger partial charge is 0.274 e. The van der Waals surface area contributed by atoms with Crippen molar-refractivity contribution in [2.75, 3.05) is 11.8 Å². The van der Waals surface area contributed by atoms with E-state index in [0.717, 1.165) is 11.1 Å². The minimum Gasteiger partial charge on any atom is -0.497 e. The van der Waals surface area contributed by atoms with Crippen LogP contribution < -0.4 is 14.9 Å². The number of carbonyl (C=O) groups excluding carboxylic acids is 1. The zero-order chi connectivity index (χ0) is 20.1. The number of carbonyl (C=O) groups is 1. The lowest BCUT2D eigenvalue weighted by atomic mass is 10.0. The second kappa shape index (κ2) is 8.12. The molecule has 0 aliphatic carbocycles. The maximum Gasteiger partial charge on any atom is 0.274 e. The molecule has 7 nitrogen and oxygen atoms in total. The normalized spacial score (nSPS) is 10.9. The largest absolute Gasteiger partial charge is 0.497 e. The molecule has 0 bridgehead atoms. The van der Waals surface area contributed by atoms with Crippen LogP contribution in [0.15, 0.2) is 77.7 Å². The second-order valence-electron chi connectivity index (χ2n) is 5.88. The van der Waals surface area contributed by atoms with Crippen molar-refractivity contribution >= 4 is 21.6 Å². The zero-order valence-electron chi connectivity index (χ0n) is 14.9. The Kier molecular flexibility index (Phi) is 5.62. The fourth-order valence-electron chi connectivity index (χ4n) is 2.61. The van der Waals surface area contributed by atoms with Crippen molar-refractivity contribution in [2.45, 2.75) is 4.90 Å². The Hall–Kier alpha value is -3.36. The average Bonchev–Trinajstić information content (AvgIpc) is 2.73. The lowest BCUT2D eigenvalue weighted by molar-refractivity contribution is 0.0706. The molecule has 3 rings (SSSR count). The van der Waals surface area contributed by atoms with Crippen molar-refractivity contribution in [2.24, 2.45) is 0 Å². The lowest BCUT2D eigenvalue weighted by Crippen LogP contribution is -2.18. The van der Waals surface area contributed by atoms with Gasteiger partial charge in [-0.1, -0.05) is 24.3 Å². The number of nitrogens with one attached hydrogen (secondary N) is 2. The van der Waals surface area contributed by atoms with Crippen molar-refractivity contribution < 1.29 is 23.2 Å². The van der Waals surface area contributed by atoms with Gasteiger partial charge in [-0.15, -0.1) is 0 Å². The summed E-state index contributed by atoms with van der Waals surface area (Å²) in [5.41, 5.74) is 3.85. The number of hydrogen-bond donors (Lipinski definition) is 3. The van der Waals surface area contributed by atoms with Crippen molar-refractivity contribution in [1.29, 1.82) is 0 Å². The van der Waals surface area contributed by atoms with Gasteiger partial charge < -0.3 is 4.74 Å². The van der Waals surface area contributed by atoms with Crippen LogP contribution in [0.3, 0.4) is 0 Å². The molecule has 0 aliphatic heterocycles. The van der Waals surface area contributed by atoms with Gasteiger partial charge in [-0.2, -0.15) is 0 Å². The van der Waals surface area contributed by atoms with Crippen molar-refractivity contribution in [3.63, 3.8) is 0 Å². The predicted molar refractivity (Wildman–Crippen MR) is 105 cm³/mol. The van der Waals surface area contributed by atoms with Crippen LogP contribution in [0.4, 0.5) is 5.69 Å². The molecule has 144 valence electrons. The summed E-state index contributed by atoms with van der Waals surface area (Å²) in [6, 6.07) is 19.5. The zero-order valence-corrected chi connectivity index (χ0v) is 15.7. The molecule has 0 atom stereocenters. The highest BCUT2D eigenvalue weighted by Gasteiger charge is 2.14. The molecular formula is C20H18N2O5S. The third-order valence-electron chi connectivity index (χ3n) is 4.07. The van der Waals surface area contributed by atoms with Crippen molar-refractivity contribution in [3.8, 4) is 16.9 Å². The van der Waals surface area contributed by atoms with E-state index in [1.54, 1.807) is 60.1 Å². The van der Waals surface area contributed by atoms with Gasteiger partial charge in [0.15, 0.2) is 0 Å². The highest BCUT2D eigenvalue weighted by Crippen LogP contribution is 2.25. The van der Waals surface area contributed by atoms with Gasteiger partial charge in [-0.3, -0.25) is 14.7 Å². The van der Waals surface area contributed by atoms with E-state index in [4.69, 9.17) is 9.94 Å². The highest BCUT2D eigenvalue weighted by atomic mass is 32.2. The molecule has 0 fully saturated rings. The Morgan fingerprint density at radius 3 is 2.21 bits per heavy atom. The summed E-state index contributed by atoms with van der Waals surface area (Å²) < 4.78 is 32.8. The van der Waals surface area contributed by atoms with Gasteiger partial charge in [0.1, 0.15) is 5.75 Å². The van der Waals surface area contributed by atoms with Crippen LogP contribution in [-0.2, 0) is 10.0 Å². The Morgan fingerprint density at radius 1 is 0.929 bits per heavy atom. The minimum atomic E-state index is -3.74. The molecule has 8 heteroatoms. The first-order valence-electron chi connectivity index (χ1n) is 8.25. The Bertz CT molecular complexity index is 1080. The summed E-state index contributed by atoms with van der Waals surface area (Å²) in [5, 5.41) is 8.67. The van der Waals surface area contributed by atoms with E-state index in [9.17, 15) is 13.2 Å². The molecule has 3 aromatic carbocycles. The van der Waals surface area contributed by atoms with Gasteiger partial charge in [0.25, 0.3) is 15.9 Å². The molecule has 0 radical (unpaired) electrons. The van der Waals surface area contributed by atoms with Crippen LogP contribution in [-0.4, -0.2) is 26.6 Å². The van der Waals surface area contributed by atoms with Gasteiger partial charge in [0, 0.05) is 11.3 Å². The fourth-order valence-corrected chi connectivity index (χ4v) is 3.66. The van der Waals surface area contributed by atoms with Gasteiger partial charge >= 0.3 is 0 Å². The summed E-state index contributed by atoms with van der Waals surface area (Å²) in [6.45, 7) is 0. The summed E-state index contributed by atoms with van der Waals surface area (Å²) in [6.07, 6.45) is 0.